The Morgan fingerprint density at radius 2 is 1.79 bits per heavy atom. The van der Waals surface area contributed by atoms with Crippen molar-refractivity contribution >= 4 is 29.0 Å². The van der Waals surface area contributed by atoms with Gasteiger partial charge in [-0.15, -0.1) is 0 Å². The molecule has 0 amide bonds. The highest BCUT2D eigenvalue weighted by Gasteiger charge is 2.17. The number of nitrogens with two attached hydrogens (primary N) is 1. The molecule has 0 aliphatic rings. The van der Waals surface area contributed by atoms with E-state index in [1.165, 1.54) is 0 Å². The van der Waals surface area contributed by atoms with Crippen LogP contribution >= 0.6 is 23.2 Å². The summed E-state index contributed by atoms with van der Waals surface area (Å²) < 4.78 is 0. The first-order chi connectivity index (χ1) is 9.08. The Balaban J connectivity index is 2.13. The summed E-state index contributed by atoms with van der Waals surface area (Å²) in [6.07, 6.45) is 0.200. The van der Waals surface area contributed by atoms with Gasteiger partial charge in [0.15, 0.2) is 5.78 Å². The molecule has 0 fully saturated rings. The van der Waals surface area contributed by atoms with Gasteiger partial charge in [0, 0.05) is 16.5 Å². The topological polar surface area (TPSA) is 43.1 Å². The number of hydrogen-bond acceptors (Lipinski definition) is 2. The normalized spacial score (nSPS) is 12.2. The molecule has 2 aromatic carbocycles. The maximum Gasteiger partial charge on any atom is 0.158 e. The number of halogens is 2. The predicted octanol–water partition coefficient (Wildman–Crippen LogP) is 3.81. The van der Waals surface area contributed by atoms with Crippen LogP contribution in [0.5, 0.6) is 0 Å². The maximum atomic E-state index is 12.1. The van der Waals surface area contributed by atoms with Crippen molar-refractivity contribution < 1.29 is 4.79 Å². The highest BCUT2D eigenvalue weighted by atomic mass is 35.5. The molecular formula is C15H13Cl2NO. The first kappa shape index (κ1) is 14.1. The SMILES string of the molecule is N[C@@H](C(=O)Cc1ccc(Cl)cc1Cl)c1ccccc1. The van der Waals surface area contributed by atoms with E-state index < -0.39 is 6.04 Å². The van der Waals surface area contributed by atoms with Gasteiger partial charge in [0.1, 0.15) is 0 Å². The molecule has 1 atom stereocenters. The Morgan fingerprint density at radius 1 is 1.11 bits per heavy atom. The standard InChI is InChI=1S/C15H13Cl2NO/c16-12-7-6-11(13(17)9-12)8-14(19)15(18)10-4-2-1-3-5-10/h1-7,9,15H,8,18H2/t15-/m1/s1. The minimum atomic E-state index is -0.632. The van der Waals surface area contributed by atoms with E-state index in [9.17, 15) is 4.79 Å². The van der Waals surface area contributed by atoms with Crippen LogP contribution in [0.4, 0.5) is 0 Å². The van der Waals surface area contributed by atoms with E-state index in [1.54, 1.807) is 18.2 Å². The number of rotatable bonds is 4. The zero-order valence-corrected chi connectivity index (χ0v) is 11.7. The summed E-state index contributed by atoms with van der Waals surface area (Å²) in [4.78, 5) is 12.1. The number of hydrogen-bond donors (Lipinski definition) is 1. The van der Waals surface area contributed by atoms with Gasteiger partial charge >= 0.3 is 0 Å². The van der Waals surface area contributed by atoms with Gasteiger partial charge in [0.05, 0.1) is 6.04 Å². The fourth-order valence-corrected chi connectivity index (χ4v) is 2.28. The van der Waals surface area contributed by atoms with E-state index in [4.69, 9.17) is 28.9 Å². The molecular weight excluding hydrogens is 281 g/mol. The molecule has 0 unspecified atom stereocenters. The minimum Gasteiger partial charge on any atom is -0.318 e. The molecule has 2 N–H and O–H groups in total. The van der Waals surface area contributed by atoms with Crippen molar-refractivity contribution in [3.8, 4) is 0 Å². The van der Waals surface area contributed by atoms with Crippen LogP contribution in [0.25, 0.3) is 0 Å². The van der Waals surface area contributed by atoms with Crippen LogP contribution in [0.2, 0.25) is 10.0 Å². The summed E-state index contributed by atoms with van der Waals surface area (Å²) in [6, 6.07) is 13.7. The van der Waals surface area contributed by atoms with Crippen molar-refractivity contribution in [3.05, 3.63) is 69.7 Å². The third-order valence-corrected chi connectivity index (χ3v) is 3.47. The van der Waals surface area contributed by atoms with E-state index in [-0.39, 0.29) is 12.2 Å². The smallest absolute Gasteiger partial charge is 0.158 e. The quantitative estimate of drug-likeness (QED) is 0.932. The van der Waals surface area contributed by atoms with Gasteiger partial charge in [-0.1, -0.05) is 59.6 Å². The van der Waals surface area contributed by atoms with Gasteiger partial charge in [-0.05, 0) is 23.3 Å². The average molecular weight is 294 g/mol. The fraction of sp³-hybridized carbons (Fsp3) is 0.133. The van der Waals surface area contributed by atoms with E-state index in [1.807, 2.05) is 30.3 Å². The molecule has 0 bridgehead atoms. The van der Waals surface area contributed by atoms with E-state index in [0.29, 0.717) is 10.0 Å². The van der Waals surface area contributed by atoms with Gasteiger partial charge in [0.2, 0.25) is 0 Å². The van der Waals surface area contributed by atoms with Crippen molar-refractivity contribution in [3.63, 3.8) is 0 Å². The molecule has 4 heteroatoms. The highest BCUT2D eigenvalue weighted by molar-refractivity contribution is 6.35. The Labute approximate surface area is 122 Å². The minimum absolute atomic E-state index is 0.0737. The maximum absolute atomic E-state index is 12.1. The molecule has 0 saturated carbocycles. The molecule has 0 saturated heterocycles. The van der Waals surface area contributed by atoms with Crippen molar-refractivity contribution in [2.75, 3.05) is 0 Å². The first-order valence-corrected chi connectivity index (χ1v) is 6.60. The lowest BCUT2D eigenvalue weighted by Gasteiger charge is -2.11. The Hall–Kier alpha value is -1.35. The molecule has 0 spiro atoms. The third kappa shape index (κ3) is 3.57. The number of carbonyl (C=O) groups is 1. The molecule has 0 aliphatic carbocycles. The molecule has 19 heavy (non-hydrogen) atoms. The Kier molecular flexibility index (Phi) is 4.59. The summed E-state index contributed by atoms with van der Waals surface area (Å²) >= 11 is 11.9. The lowest BCUT2D eigenvalue weighted by atomic mass is 9.98. The van der Waals surface area contributed by atoms with Gasteiger partial charge in [-0.3, -0.25) is 4.79 Å². The summed E-state index contributed by atoms with van der Waals surface area (Å²) in [6.45, 7) is 0. The second-order valence-electron chi connectivity index (χ2n) is 4.27. The molecule has 0 heterocycles. The largest absolute Gasteiger partial charge is 0.318 e. The predicted molar refractivity (Wildman–Crippen MR) is 78.5 cm³/mol. The molecule has 0 aliphatic heterocycles. The average Bonchev–Trinajstić information content (AvgIpc) is 2.42. The van der Waals surface area contributed by atoms with Gasteiger partial charge < -0.3 is 5.73 Å². The van der Waals surface area contributed by atoms with Gasteiger partial charge in [0.25, 0.3) is 0 Å². The summed E-state index contributed by atoms with van der Waals surface area (Å²) in [5.74, 6) is -0.0737. The van der Waals surface area contributed by atoms with Crippen LogP contribution in [0, 0.1) is 0 Å². The molecule has 2 aromatic rings. The van der Waals surface area contributed by atoms with Crippen LogP contribution in [0.3, 0.4) is 0 Å². The Bertz CT molecular complexity index is 584. The highest BCUT2D eigenvalue weighted by Crippen LogP contribution is 2.23. The van der Waals surface area contributed by atoms with Gasteiger partial charge in [-0.25, -0.2) is 0 Å². The van der Waals surface area contributed by atoms with E-state index >= 15 is 0 Å². The van der Waals surface area contributed by atoms with Crippen molar-refractivity contribution in [1.29, 1.82) is 0 Å². The van der Waals surface area contributed by atoms with Crippen LogP contribution in [-0.2, 0) is 11.2 Å². The van der Waals surface area contributed by atoms with Crippen molar-refractivity contribution in [2.24, 2.45) is 5.73 Å². The number of benzene rings is 2. The van der Waals surface area contributed by atoms with Crippen LogP contribution < -0.4 is 5.73 Å². The summed E-state index contributed by atoms with van der Waals surface area (Å²) in [7, 11) is 0. The summed E-state index contributed by atoms with van der Waals surface area (Å²) in [5, 5.41) is 1.04. The van der Waals surface area contributed by atoms with Crippen LogP contribution in [0.15, 0.2) is 48.5 Å². The Morgan fingerprint density at radius 3 is 2.42 bits per heavy atom. The molecule has 0 aromatic heterocycles. The lowest BCUT2D eigenvalue weighted by Crippen LogP contribution is -2.23. The van der Waals surface area contributed by atoms with E-state index in [2.05, 4.69) is 0 Å². The zero-order valence-electron chi connectivity index (χ0n) is 10.1. The molecule has 0 radical (unpaired) electrons. The monoisotopic (exact) mass is 293 g/mol. The van der Waals surface area contributed by atoms with E-state index in [0.717, 1.165) is 11.1 Å². The van der Waals surface area contributed by atoms with Gasteiger partial charge in [-0.2, -0.15) is 0 Å². The second kappa shape index (κ2) is 6.20. The number of carbonyl (C=O) groups excluding carboxylic acids is 1. The summed E-state index contributed by atoms with van der Waals surface area (Å²) in [5.41, 5.74) is 7.49. The third-order valence-electron chi connectivity index (χ3n) is 2.89. The van der Waals surface area contributed by atoms with Crippen molar-refractivity contribution in [1.82, 2.24) is 0 Å². The van der Waals surface area contributed by atoms with Crippen LogP contribution in [0.1, 0.15) is 17.2 Å². The second-order valence-corrected chi connectivity index (χ2v) is 5.11. The number of ketones is 1. The first-order valence-electron chi connectivity index (χ1n) is 5.85. The molecule has 2 nitrogen and oxygen atoms in total. The van der Waals surface area contributed by atoms with Crippen molar-refractivity contribution in [2.45, 2.75) is 12.5 Å². The lowest BCUT2D eigenvalue weighted by molar-refractivity contribution is -0.119. The fourth-order valence-electron chi connectivity index (χ4n) is 1.81. The zero-order chi connectivity index (χ0) is 13.8. The molecule has 2 rings (SSSR count). The molecule has 98 valence electrons. The number of Topliss-reactive ketones (excluding diaryl/α,β-unsaturated/α-hetero) is 1. The van der Waals surface area contributed by atoms with Crippen LogP contribution in [-0.4, -0.2) is 5.78 Å².